The van der Waals surface area contributed by atoms with Gasteiger partial charge in [-0.1, -0.05) is 23.8 Å². The molecule has 1 saturated carbocycles. The Morgan fingerprint density at radius 2 is 1.94 bits per heavy atom. The maximum Gasteiger partial charge on any atom is 0.194 e. The van der Waals surface area contributed by atoms with Gasteiger partial charge in [-0.25, -0.2) is 0 Å². The van der Waals surface area contributed by atoms with Crippen molar-refractivity contribution < 1.29 is 9.53 Å². The van der Waals surface area contributed by atoms with E-state index in [9.17, 15) is 4.79 Å². The number of aryl methyl sites for hydroxylation is 2. The predicted molar refractivity (Wildman–Crippen MR) is 73.1 cm³/mol. The molecule has 0 saturated heterocycles. The lowest BCUT2D eigenvalue weighted by Gasteiger charge is -2.28. The molecule has 0 unspecified atom stereocenters. The van der Waals surface area contributed by atoms with Crippen LogP contribution in [0, 0.1) is 13.8 Å². The van der Waals surface area contributed by atoms with E-state index in [1.54, 1.807) is 0 Å². The van der Waals surface area contributed by atoms with Gasteiger partial charge in [0.15, 0.2) is 5.78 Å². The van der Waals surface area contributed by atoms with Crippen LogP contribution in [0.25, 0.3) is 0 Å². The SMILES string of the molecule is CCOC1(C(=O)c2ccc(C)cc2C)CCCC1. The molecule has 0 heterocycles. The maximum atomic E-state index is 12.8. The molecule has 1 aromatic carbocycles. The van der Waals surface area contributed by atoms with Crippen LogP contribution in [0.1, 0.15) is 54.1 Å². The molecule has 0 bridgehead atoms. The normalized spacial score (nSPS) is 17.9. The van der Waals surface area contributed by atoms with Gasteiger partial charge >= 0.3 is 0 Å². The zero-order valence-electron chi connectivity index (χ0n) is 11.6. The number of rotatable bonds is 4. The molecular weight excluding hydrogens is 224 g/mol. The van der Waals surface area contributed by atoms with E-state index in [-0.39, 0.29) is 5.78 Å². The van der Waals surface area contributed by atoms with Crippen molar-refractivity contribution in [2.24, 2.45) is 0 Å². The number of benzene rings is 1. The molecule has 18 heavy (non-hydrogen) atoms. The highest BCUT2D eigenvalue weighted by atomic mass is 16.5. The van der Waals surface area contributed by atoms with Crippen molar-refractivity contribution in [3.8, 4) is 0 Å². The number of Topliss-reactive ketones (excluding diaryl/α,β-unsaturated/α-hetero) is 1. The van der Waals surface area contributed by atoms with E-state index in [4.69, 9.17) is 4.74 Å². The first-order valence-electron chi connectivity index (χ1n) is 6.85. The van der Waals surface area contributed by atoms with E-state index in [2.05, 4.69) is 13.0 Å². The highest BCUT2D eigenvalue weighted by Gasteiger charge is 2.42. The second kappa shape index (κ2) is 5.23. The van der Waals surface area contributed by atoms with E-state index in [0.717, 1.165) is 36.8 Å². The van der Waals surface area contributed by atoms with Crippen molar-refractivity contribution in [2.75, 3.05) is 6.61 Å². The Balaban J connectivity index is 2.34. The monoisotopic (exact) mass is 246 g/mol. The summed E-state index contributed by atoms with van der Waals surface area (Å²) in [6, 6.07) is 6.03. The van der Waals surface area contributed by atoms with Crippen molar-refractivity contribution in [3.05, 3.63) is 34.9 Å². The Labute approximate surface area is 109 Å². The third-order valence-corrected chi connectivity index (χ3v) is 3.87. The average molecular weight is 246 g/mol. The minimum Gasteiger partial charge on any atom is -0.367 e. The summed E-state index contributed by atoms with van der Waals surface area (Å²) in [5.41, 5.74) is 2.54. The highest BCUT2D eigenvalue weighted by Crippen LogP contribution is 2.36. The first-order chi connectivity index (χ1) is 8.59. The molecule has 2 nitrogen and oxygen atoms in total. The molecule has 1 aliphatic carbocycles. The van der Waals surface area contributed by atoms with Crippen molar-refractivity contribution in [2.45, 2.75) is 52.1 Å². The third kappa shape index (κ3) is 2.35. The summed E-state index contributed by atoms with van der Waals surface area (Å²) in [6.45, 7) is 6.63. The summed E-state index contributed by atoms with van der Waals surface area (Å²) in [4.78, 5) is 12.8. The predicted octanol–water partition coefficient (Wildman–Crippen LogP) is 3.84. The Kier molecular flexibility index (Phi) is 3.86. The summed E-state index contributed by atoms with van der Waals surface area (Å²) >= 11 is 0. The lowest BCUT2D eigenvalue weighted by Crippen LogP contribution is -2.39. The minimum atomic E-state index is -0.547. The van der Waals surface area contributed by atoms with Crippen LogP contribution in [0.3, 0.4) is 0 Å². The molecule has 1 aromatic rings. The van der Waals surface area contributed by atoms with E-state index in [0.29, 0.717) is 6.61 Å². The summed E-state index contributed by atoms with van der Waals surface area (Å²) in [6.07, 6.45) is 3.92. The average Bonchev–Trinajstić information content (AvgIpc) is 2.78. The van der Waals surface area contributed by atoms with Crippen LogP contribution in [0.2, 0.25) is 0 Å². The fourth-order valence-corrected chi connectivity index (χ4v) is 2.97. The number of carbonyl (C=O) groups excluding carboxylic acids is 1. The molecule has 98 valence electrons. The lowest BCUT2D eigenvalue weighted by molar-refractivity contribution is -0.0164. The third-order valence-electron chi connectivity index (χ3n) is 3.87. The molecule has 0 aromatic heterocycles. The van der Waals surface area contributed by atoms with Crippen LogP contribution in [-0.4, -0.2) is 18.0 Å². The summed E-state index contributed by atoms with van der Waals surface area (Å²) < 4.78 is 5.84. The van der Waals surface area contributed by atoms with Gasteiger partial charge in [-0.15, -0.1) is 0 Å². The summed E-state index contributed by atoms with van der Waals surface area (Å²) in [5, 5.41) is 0. The molecule has 0 N–H and O–H groups in total. The smallest absolute Gasteiger partial charge is 0.194 e. The molecule has 0 amide bonds. The van der Waals surface area contributed by atoms with Crippen LogP contribution < -0.4 is 0 Å². The molecule has 1 aliphatic rings. The quantitative estimate of drug-likeness (QED) is 0.755. The van der Waals surface area contributed by atoms with Gasteiger partial charge < -0.3 is 4.74 Å². The fourth-order valence-electron chi connectivity index (χ4n) is 2.97. The fraction of sp³-hybridized carbons (Fsp3) is 0.562. The summed E-state index contributed by atoms with van der Waals surface area (Å²) in [5.74, 6) is 0.180. The van der Waals surface area contributed by atoms with Crippen molar-refractivity contribution >= 4 is 5.78 Å². The molecule has 1 fully saturated rings. The van der Waals surface area contributed by atoms with Gasteiger partial charge in [-0.05, 0) is 52.0 Å². The van der Waals surface area contributed by atoms with Gasteiger partial charge in [0, 0.05) is 12.2 Å². The Bertz CT molecular complexity index is 442. The highest BCUT2D eigenvalue weighted by molar-refractivity contribution is 6.03. The van der Waals surface area contributed by atoms with Crippen molar-refractivity contribution in [1.29, 1.82) is 0 Å². The molecule has 0 spiro atoms. The topological polar surface area (TPSA) is 26.3 Å². The van der Waals surface area contributed by atoms with Gasteiger partial charge in [0.2, 0.25) is 0 Å². The Hall–Kier alpha value is -1.15. The number of hydrogen-bond acceptors (Lipinski definition) is 2. The zero-order chi connectivity index (χ0) is 13.2. The van der Waals surface area contributed by atoms with Gasteiger partial charge in [-0.3, -0.25) is 4.79 Å². The standard InChI is InChI=1S/C16H22O2/c1-4-18-16(9-5-6-10-16)15(17)14-8-7-12(2)11-13(14)3/h7-8,11H,4-6,9-10H2,1-3H3. The number of carbonyl (C=O) groups is 1. The van der Waals surface area contributed by atoms with E-state index in [1.165, 1.54) is 5.56 Å². The molecule has 0 radical (unpaired) electrons. The number of ether oxygens (including phenoxy) is 1. The van der Waals surface area contributed by atoms with Crippen molar-refractivity contribution in [1.82, 2.24) is 0 Å². The van der Waals surface area contributed by atoms with Crippen LogP contribution in [0.15, 0.2) is 18.2 Å². The van der Waals surface area contributed by atoms with E-state index < -0.39 is 5.60 Å². The van der Waals surface area contributed by atoms with E-state index in [1.807, 2.05) is 26.0 Å². The first-order valence-corrected chi connectivity index (χ1v) is 6.85. The van der Waals surface area contributed by atoms with Crippen LogP contribution in [0.4, 0.5) is 0 Å². The Morgan fingerprint density at radius 1 is 1.28 bits per heavy atom. The van der Waals surface area contributed by atoms with Gasteiger partial charge in [0.25, 0.3) is 0 Å². The molecular formula is C16H22O2. The van der Waals surface area contributed by atoms with Crippen LogP contribution in [-0.2, 0) is 4.74 Å². The zero-order valence-corrected chi connectivity index (χ0v) is 11.6. The summed E-state index contributed by atoms with van der Waals surface area (Å²) in [7, 11) is 0. The van der Waals surface area contributed by atoms with Gasteiger partial charge in [0.05, 0.1) is 0 Å². The molecule has 2 heteroatoms. The largest absolute Gasteiger partial charge is 0.367 e. The molecule has 0 atom stereocenters. The Morgan fingerprint density at radius 3 is 2.50 bits per heavy atom. The van der Waals surface area contributed by atoms with Crippen LogP contribution >= 0.6 is 0 Å². The molecule has 2 rings (SSSR count). The first kappa shape index (κ1) is 13.3. The van der Waals surface area contributed by atoms with Crippen LogP contribution in [0.5, 0.6) is 0 Å². The van der Waals surface area contributed by atoms with Gasteiger partial charge in [-0.2, -0.15) is 0 Å². The number of hydrogen-bond donors (Lipinski definition) is 0. The maximum absolute atomic E-state index is 12.8. The lowest BCUT2D eigenvalue weighted by atomic mass is 9.88. The minimum absolute atomic E-state index is 0.180. The molecule has 0 aliphatic heterocycles. The second-order valence-electron chi connectivity index (χ2n) is 5.28. The van der Waals surface area contributed by atoms with Crippen molar-refractivity contribution in [3.63, 3.8) is 0 Å². The second-order valence-corrected chi connectivity index (χ2v) is 5.28. The van der Waals surface area contributed by atoms with E-state index >= 15 is 0 Å². The number of ketones is 1. The van der Waals surface area contributed by atoms with Gasteiger partial charge in [0.1, 0.15) is 5.60 Å².